The number of aryl methyl sites for hydroxylation is 2. The van der Waals surface area contributed by atoms with Crippen molar-refractivity contribution < 1.29 is 4.79 Å². The Balaban J connectivity index is 1.97. The van der Waals surface area contributed by atoms with Crippen LogP contribution in [0.2, 0.25) is 0 Å². The fraction of sp³-hybridized carbons (Fsp3) is 0.400. The minimum atomic E-state index is -0.178. The normalized spacial score (nSPS) is 10.8. The molecule has 1 aromatic heterocycles. The zero-order chi connectivity index (χ0) is 18.2. The lowest BCUT2D eigenvalue weighted by molar-refractivity contribution is 0.102. The molecule has 0 aliphatic carbocycles. The van der Waals surface area contributed by atoms with Gasteiger partial charge < -0.3 is 15.5 Å². The van der Waals surface area contributed by atoms with Crippen molar-refractivity contribution in [2.45, 2.75) is 26.7 Å². The van der Waals surface area contributed by atoms with E-state index in [1.165, 1.54) is 0 Å². The lowest BCUT2D eigenvalue weighted by Crippen LogP contribution is -2.17. The molecule has 0 atom stereocenters. The Morgan fingerprint density at radius 2 is 2.00 bits per heavy atom. The molecule has 0 radical (unpaired) electrons. The monoisotopic (exact) mass is 340 g/mol. The number of nitrogens with one attached hydrogen (secondary N) is 2. The Hall–Kier alpha value is -2.40. The minimum absolute atomic E-state index is 0.178. The molecule has 0 unspecified atom stereocenters. The lowest BCUT2D eigenvalue weighted by Gasteiger charge is -2.13. The van der Waals surface area contributed by atoms with Gasteiger partial charge in [0, 0.05) is 12.2 Å². The van der Waals surface area contributed by atoms with E-state index >= 15 is 0 Å². The first kappa shape index (κ1) is 18.9. The van der Waals surface area contributed by atoms with Crippen LogP contribution in [0, 0.1) is 6.92 Å². The van der Waals surface area contributed by atoms with Gasteiger partial charge in [0.2, 0.25) is 0 Å². The van der Waals surface area contributed by atoms with Gasteiger partial charge in [0.05, 0.1) is 11.9 Å². The molecule has 0 fully saturated rings. The number of aromatic nitrogens is 1. The number of carbonyl (C=O) groups excluding carboxylic acids is 1. The van der Waals surface area contributed by atoms with E-state index in [2.05, 4.69) is 41.5 Å². The van der Waals surface area contributed by atoms with Crippen LogP contribution in [-0.4, -0.2) is 43.0 Å². The first-order valence-electron chi connectivity index (χ1n) is 8.75. The number of hydrogen-bond donors (Lipinski definition) is 2. The molecule has 5 nitrogen and oxygen atoms in total. The van der Waals surface area contributed by atoms with Crippen molar-refractivity contribution in [3.05, 3.63) is 53.3 Å². The summed E-state index contributed by atoms with van der Waals surface area (Å²) in [6, 6.07) is 9.71. The van der Waals surface area contributed by atoms with Crippen LogP contribution >= 0.6 is 0 Å². The maximum atomic E-state index is 12.5. The summed E-state index contributed by atoms with van der Waals surface area (Å²) in [4.78, 5) is 18.9. The van der Waals surface area contributed by atoms with Gasteiger partial charge in [-0.15, -0.1) is 0 Å². The number of nitrogens with zero attached hydrogens (tertiary/aromatic N) is 2. The molecule has 25 heavy (non-hydrogen) atoms. The Labute approximate surface area is 150 Å². The number of para-hydroxylation sites is 1. The molecular weight excluding hydrogens is 312 g/mol. The fourth-order valence-corrected chi connectivity index (χ4v) is 2.64. The van der Waals surface area contributed by atoms with Crippen LogP contribution < -0.4 is 10.6 Å². The summed E-state index contributed by atoms with van der Waals surface area (Å²) < 4.78 is 0. The molecule has 0 aliphatic heterocycles. The van der Waals surface area contributed by atoms with Crippen LogP contribution in [0.1, 0.15) is 35.0 Å². The Morgan fingerprint density at radius 1 is 1.20 bits per heavy atom. The lowest BCUT2D eigenvalue weighted by atomic mass is 10.1. The summed E-state index contributed by atoms with van der Waals surface area (Å²) in [5.74, 6) is -0.178. The molecule has 0 bridgehead atoms. The molecule has 1 amide bonds. The van der Waals surface area contributed by atoms with Crippen molar-refractivity contribution in [2.24, 2.45) is 0 Å². The highest BCUT2D eigenvalue weighted by molar-refractivity contribution is 6.03. The highest BCUT2D eigenvalue weighted by Gasteiger charge is 2.11. The van der Waals surface area contributed by atoms with E-state index in [1.807, 2.05) is 31.2 Å². The summed E-state index contributed by atoms with van der Waals surface area (Å²) in [6.07, 6.45) is 3.64. The third-order valence-corrected chi connectivity index (χ3v) is 4.09. The van der Waals surface area contributed by atoms with Crippen molar-refractivity contribution >= 4 is 17.3 Å². The third-order valence-electron chi connectivity index (χ3n) is 4.09. The van der Waals surface area contributed by atoms with Crippen molar-refractivity contribution in [3.63, 3.8) is 0 Å². The molecule has 0 saturated heterocycles. The van der Waals surface area contributed by atoms with E-state index in [-0.39, 0.29) is 5.91 Å². The highest BCUT2D eigenvalue weighted by atomic mass is 16.1. The number of pyridine rings is 1. The molecule has 0 saturated carbocycles. The summed E-state index contributed by atoms with van der Waals surface area (Å²) in [5.41, 5.74) is 4.44. The van der Waals surface area contributed by atoms with E-state index in [9.17, 15) is 4.79 Å². The first-order valence-corrected chi connectivity index (χ1v) is 8.75. The zero-order valence-electron chi connectivity index (χ0n) is 15.6. The molecule has 0 aliphatic rings. The molecule has 0 spiro atoms. The molecule has 1 heterocycles. The maximum absolute atomic E-state index is 12.5. The summed E-state index contributed by atoms with van der Waals surface area (Å²) in [6.45, 7) is 6.01. The van der Waals surface area contributed by atoms with Gasteiger partial charge in [0.25, 0.3) is 5.91 Å². The van der Waals surface area contributed by atoms with Crippen LogP contribution in [0.5, 0.6) is 0 Å². The SMILES string of the molecule is CCc1cccc(C)c1NC(=O)c1ccc(NCCCN(C)C)cn1. The van der Waals surface area contributed by atoms with Gasteiger partial charge >= 0.3 is 0 Å². The summed E-state index contributed by atoms with van der Waals surface area (Å²) >= 11 is 0. The Bertz CT molecular complexity index is 695. The molecular formula is C20H28N4O. The van der Waals surface area contributed by atoms with Crippen molar-refractivity contribution in [3.8, 4) is 0 Å². The van der Waals surface area contributed by atoms with Gasteiger partial charge in [0.15, 0.2) is 0 Å². The predicted octanol–water partition coefficient (Wildman–Crippen LogP) is 3.57. The summed E-state index contributed by atoms with van der Waals surface area (Å²) in [5, 5.41) is 6.33. The average molecular weight is 340 g/mol. The third kappa shape index (κ3) is 5.57. The number of amides is 1. The van der Waals surface area contributed by atoms with E-state index in [0.29, 0.717) is 5.69 Å². The van der Waals surface area contributed by atoms with Crippen LogP contribution in [0.15, 0.2) is 36.5 Å². The second-order valence-electron chi connectivity index (χ2n) is 6.43. The number of carbonyl (C=O) groups is 1. The number of anilines is 2. The van der Waals surface area contributed by atoms with E-state index < -0.39 is 0 Å². The largest absolute Gasteiger partial charge is 0.384 e. The van der Waals surface area contributed by atoms with Crippen molar-refractivity contribution in [1.29, 1.82) is 0 Å². The molecule has 2 N–H and O–H groups in total. The predicted molar refractivity (Wildman–Crippen MR) is 104 cm³/mol. The topological polar surface area (TPSA) is 57.3 Å². The van der Waals surface area contributed by atoms with Crippen molar-refractivity contribution in [2.75, 3.05) is 37.8 Å². The van der Waals surface area contributed by atoms with Gasteiger partial charge in [-0.3, -0.25) is 4.79 Å². The second-order valence-corrected chi connectivity index (χ2v) is 6.43. The minimum Gasteiger partial charge on any atom is -0.384 e. The van der Waals surface area contributed by atoms with Crippen LogP contribution in [-0.2, 0) is 6.42 Å². The van der Waals surface area contributed by atoms with E-state index in [1.54, 1.807) is 12.3 Å². The fourth-order valence-electron chi connectivity index (χ4n) is 2.64. The Kier molecular flexibility index (Phi) is 6.95. The van der Waals surface area contributed by atoms with Gasteiger partial charge in [-0.05, 0) is 63.7 Å². The molecule has 5 heteroatoms. The zero-order valence-corrected chi connectivity index (χ0v) is 15.6. The number of benzene rings is 1. The van der Waals surface area contributed by atoms with Crippen LogP contribution in [0.3, 0.4) is 0 Å². The van der Waals surface area contributed by atoms with Crippen LogP contribution in [0.4, 0.5) is 11.4 Å². The standard InChI is InChI=1S/C20H28N4O/c1-5-16-9-6-8-15(2)19(16)23-20(25)18-11-10-17(14-22-18)21-12-7-13-24(3)4/h6,8-11,14,21H,5,7,12-13H2,1-4H3,(H,23,25). The summed E-state index contributed by atoms with van der Waals surface area (Å²) in [7, 11) is 4.13. The molecule has 134 valence electrons. The highest BCUT2D eigenvalue weighted by Crippen LogP contribution is 2.21. The second kappa shape index (κ2) is 9.18. The van der Waals surface area contributed by atoms with Crippen molar-refractivity contribution in [1.82, 2.24) is 9.88 Å². The number of rotatable bonds is 8. The quantitative estimate of drug-likeness (QED) is 0.721. The average Bonchev–Trinajstić information content (AvgIpc) is 2.60. The molecule has 2 rings (SSSR count). The molecule has 1 aromatic carbocycles. The van der Waals surface area contributed by atoms with E-state index in [4.69, 9.17) is 0 Å². The smallest absolute Gasteiger partial charge is 0.274 e. The van der Waals surface area contributed by atoms with E-state index in [0.717, 1.165) is 48.4 Å². The van der Waals surface area contributed by atoms with Gasteiger partial charge in [-0.25, -0.2) is 4.98 Å². The maximum Gasteiger partial charge on any atom is 0.274 e. The Morgan fingerprint density at radius 3 is 2.64 bits per heavy atom. The van der Waals surface area contributed by atoms with Gasteiger partial charge in [-0.1, -0.05) is 25.1 Å². The van der Waals surface area contributed by atoms with Gasteiger partial charge in [0.1, 0.15) is 5.69 Å². The van der Waals surface area contributed by atoms with Gasteiger partial charge in [-0.2, -0.15) is 0 Å². The van der Waals surface area contributed by atoms with Crippen LogP contribution in [0.25, 0.3) is 0 Å². The molecule has 2 aromatic rings. The first-order chi connectivity index (χ1) is 12.0. The number of hydrogen-bond acceptors (Lipinski definition) is 4.